The molecule has 0 aromatic heterocycles. The van der Waals surface area contributed by atoms with Gasteiger partial charge in [0, 0.05) is 17.2 Å². The number of carbonyl (C=O) groups excluding carboxylic acids is 1. The maximum atomic E-state index is 13.1. The molecule has 0 aliphatic heterocycles. The Morgan fingerprint density at radius 2 is 1.80 bits per heavy atom. The minimum absolute atomic E-state index is 0.267. The van der Waals surface area contributed by atoms with Crippen LogP contribution < -0.4 is 9.62 Å². The van der Waals surface area contributed by atoms with Gasteiger partial charge in [0.15, 0.2) is 0 Å². The van der Waals surface area contributed by atoms with Crippen LogP contribution in [0.5, 0.6) is 0 Å². The fourth-order valence-electron chi connectivity index (χ4n) is 2.47. The van der Waals surface area contributed by atoms with Gasteiger partial charge in [-0.2, -0.15) is 13.2 Å². The van der Waals surface area contributed by atoms with Gasteiger partial charge in [-0.1, -0.05) is 29.3 Å². The molecule has 0 saturated heterocycles. The second-order valence-electron chi connectivity index (χ2n) is 6.44. The Bertz CT molecular complexity index is 997. The summed E-state index contributed by atoms with van der Waals surface area (Å²) in [5.74, 6) is -0.0826. The Kier molecular flexibility index (Phi) is 8.06. The number of nitrogens with one attached hydrogen (secondary N) is 1. The molecular weight excluding hydrogens is 461 g/mol. The highest BCUT2D eigenvalue weighted by atomic mass is 35.5. The second kappa shape index (κ2) is 9.93. The Balaban J connectivity index is 2.03. The zero-order valence-electron chi connectivity index (χ0n) is 16.2. The lowest BCUT2D eigenvalue weighted by Gasteiger charge is -2.23. The van der Waals surface area contributed by atoms with E-state index in [1.807, 2.05) is 31.2 Å². The highest BCUT2D eigenvalue weighted by Gasteiger charge is 2.34. The van der Waals surface area contributed by atoms with Gasteiger partial charge in [0.1, 0.15) is 6.54 Å². The number of nitrogens with zero attached hydrogens (tertiary/aromatic N) is 1. The number of anilines is 1. The maximum absolute atomic E-state index is 13.1. The molecule has 11 heteroatoms. The van der Waals surface area contributed by atoms with E-state index in [0.29, 0.717) is 16.1 Å². The summed E-state index contributed by atoms with van der Waals surface area (Å²) in [5.41, 5.74) is -0.340. The molecule has 0 saturated carbocycles. The zero-order valence-corrected chi connectivity index (χ0v) is 18.6. The average molecular weight is 481 g/mol. The van der Waals surface area contributed by atoms with Crippen LogP contribution in [-0.2, 0) is 21.0 Å². The van der Waals surface area contributed by atoms with E-state index in [1.54, 1.807) is 0 Å². The first-order chi connectivity index (χ1) is 13.9. The third-order valence-electron chi connectivity index (χ3n) is 3.94. The fraction of sp³-hybridized carbons (Fsp3) is 0.316. The number of aryl methyl sites for hydroxylation is 1. The Morgan fingerprint density at radius 3 is 2.37 bits per heavy atom. The lowest BCUT2D eigenvalue weighted by Crippen LogP contribution is -2.41. The number of benzene rings is 2. The third-order valence-corrected chi connectivity index (χ3v) is 6.43. The molecule has 0 aliphatic carbocycles. The summed E-state index contributed by atoms with van der Waals surface area (Å²) in [6.45, 7) is 1.59. The first-order valence-electron chi connectivity index (χ1n) is 8.68. The van der Waals surface area contributed by atoms with E-state index < -0.39 is 39.2 Å². The van der Waals surface area contributed by atoms with Gasteiger partial charge < -0.3 is 5.32 Å². The molecule has 1 amide bonds. The van der Waals surface area contributed by atoms with E-state index in [0.717, 1.165) is 28.8 Å². The van der Waals surface area contributed by atoms with Gasteiger partial charge >= 0.3 is 6.18 Å². The molecule has 0 unspecified atom stereocenters. The number of hydrogen-bond donors (Lipinski definition) is 1. The quantitative estimate of drug-likeness (QED) is 0.451. The summed E-state index contributed by atoms with van der Waals surface area (Å²) < 4.78 is 64.0. The number of carbonyl (C=O) groups is 1. The smallest absolute Gasteiger partial charge is 0.354 e. The van der Waals surface area contributed by atoms with Gasteiger partial charge in [0.25, 0.3) is 0 Å². The monoisotopic (exact) mass is 480 g/mol. The van der Waals surface area contributed by atoms with Crippen LogP contribution in [0, 0.1) is 6.92 Å². The number of sulfonamides is 1. The van der Waals surface area contributed by atoms with E-state index >= 15 is 0 Å². The molecule has 0 heterocycles. The van der Waals surface area contributed by atoms with E-state index in [-0.39, 0.29) is 12.2 Å². The van der Waals surface area contributed by atoms with Crippen LogP contribution in [0.3, 0.4) is 0 Å². The Labute approximate surface area is 182 Å². The molecule has 164 valence electrons. The van der Waals surface area contributed by atoms with Crippen molar-refractivity contribution in [3.63, 3.8) is 0 Å². The summed E-state index contributed by atoms with van der Waals surface area (Å²) in [6, 6.07) is 10.5. The minimum Gasteiger partial charge on any atom is -0.354 e. The van der Waals surface area contributed by atoms with Gasteiger partial charge in [-0.05, 0) is 37.3 Å². The van der Waals surface area contributed by atoms with Crippen molar-refractivity contribution in [1.29, 1.82) is 0 Å². The lowest BCUT2D eigenvalue weighted by atomic mass is 10.2. The normalized spacial score (nSPS) is 11.9. The van der Waals surface area contributed by atoms with E-state index in [4.69, 9.17) is 11.6 Å². The van der Waals surface area contributed by atoms with Gasteiger partial charge in [0.2, 0.25) is 15.9 Å². The van der Waals surface area contributed by atoms with Crippen LogP contribution in [0.15, 0.2) is 47.4 Å². The number of thioether (sulfide) groups is 1. The first kappa shape index (κ1) is 24.4. The van der Waals surface area contributed by atoms with Crippen molar-refractivity contribution in [2.24, 2.45) is 0 Å². The van der Waals surface area contributed by atoms with E-state index in [1.165, 1.54) is 11.8 Å². The van der Waals surface area contributed by atoms with Gasteiger partial charge in [0.05, 0.1) is 22.5 Å². The summed E-state index contributed by atoms with van der Waals surface area (Å²) in [5, 5.41) is 2.02. The molecule has 0 bridgehead atoms. The summed E-state index contributed by atoms with van der Waals surface area (Å²) >= 11 is 7.09. The number of hydrogen-bond acceptors (Lipinski definition) is 4. The van der Waals surface area contributed by atoms with Crippen molar-refractivity contribution in [3.05, 3.63) is 58.6 Å². The molecule has 2 aromatic rings. The van der Waals surface area contributed by atoms with Crippen molar-refractivity contribution < 1.29 is 26.4 Å². The minimum atomic E-state index is -4.76. The molecule has 2 rings (SSSR count). The third kappa shape index (κ3) is 7.10. The number of alkyl halides is 3. The van der Waals surface area contributed by atoms with Crippen molar-refractivity contribution >= 4 is 45.0 Å². The van der Waals surface area contributed by atoms with Crippen LogP contribution >= 0.6 is 23.4 Å². The van der Waals surface area contributed by atoms with Crippen LogP contribution in [0.4, 0.5) is 18.9 Å². The lowest BCUT2D eigenvalue weighted by molar-refractivity contribution is -0.137. The molecule has 30 heavy (non-hydrogen) atoms. The fourth-order valence-corrected chi connectivity index (χ4v) is 4.31. The van der Waals surface area contributed by atoms with Crippen LogP contribution in [0.1, 0.15) is 11.1 Å². The molecule has 0 fully saturated rings. The molecule has 1 N–H and O–H groups in total. The van der Waals surface area contributed by atoms with Crippen LogP contribution in [0.2, 0.25) is 5.02 Å². The highest BCUT2D eigenvalue weighted by Crippen LogP contribution is 2.37. The van der Waals surface area contributed by atoms with Crippen molar-refractivity contribution in [2.45, 2.75) is 18.0 Å². The molecule has 0 atom stereocenters. The predicted octanol–water partition coefficient (Wildman–Crippen LogP) is 4.34. The number of amides is 1. The Hall–Kier alpha value is -1.91. The van der Waals surface area contributed by atoms with E-state index in [2.05, 4.69) is 5.32 Å². The van der Waals surface area contributed by atoms with Crippen LogP contribution in [-0.4, -0.2) is 39.4 Å². The summed E-state index contributed by atoms with van der Waals surface area (Å²) in [7, 11) is -4.01. The first-order valence-corrected chi connectivity index (χ1v) is 11.9. The van der Waals surface area contributed by atoms with Gasteiger partial charge in [-0.15, -0.1) is 11.8 Å². The molecule has 5 nitrogen and oxygen atoms in total. The molecule has 2 aromatic carbocycles. The standard InChI is InChI=1S/C19H20ClF3N2O3S2/c1-13-3-6-15(7-4-13)29-10-9-24-18(26)12-25(30(2,27)28)14-5-8-17(20)16(11-14)19(21,22)23/h3-8,11H,9-10,12H2,1-2H3,(H,24,26). The van der Waals surface area contributed by atoms with Gasteiger partial charge in [-0.3, -0.25) is 9.10 Å². The number of rotatable bonds is 8. The van der Waals surface area contributed by atoms with Gasteiger partial charge in [-0.25, -0.2) is 8.42 Å². The summed E-state index contributed by atoms with van der Waals surface area (Å²) in [4.78, 5) is 13.2. The topological polar surface area (TPSA) is 66.5 Å². The highest BCUT2D eigenvalue weighted by molar-refractivity contribution is 7.99. The largest absolute Gasteiger partial charge is 0.417 e. The second-order valence-corrected chi connectivity index (χ2v) is 9.93. The van der Waals surface area contributed by atoms with Crippen LogP contribution in [0.25, 0.3) is 0 Å². The summed E-state index contributed by atoms with van der Waals surface area (Å²) in [6.07, 6.45) is -3.94. The SMILES string of the molecule is Cc1ccc(SCCNC(=O)CN(c2ccc(Cl)c(C(F)(F)F)c2)S(C)(=O)=O)cc1. The van der Waals surface area contributed by atoms with Crippen molar-refractivity contribution in [1.82, 2.24) is 5.32 Å². The van der Waals surface area contributed by atoms with Crippen molar-refractivity contribution in [3.8, 4) is 0 Å². The molecule has 0 aliphatic rings. The molecule has 0 spiro atoms. The number of halogens is 4. The maximum Gasteiger partial charge on any atom is 0.417 e. The average Bonchev–Trinajstić information content (AvgIpc) is 2.63. The predicted molar refractivity (Wildman–Crippen MR) is 114 cm³/mol. The van der Waals surface area contributed by atoms with Crippen molar-refractivity contribution in [2.75, 3.05) is 29.4 Å². The molecular formula is C19H20ClF3N2O3S2. The van der Waals surface area contributed by atoms with E-state index in [9.17, 15) is 26.4 Å². The Morgan fingerprint density at radius 1 is 1.17 bits per heavy atom. The molecule has 0 radical (unpaired) electrons. The zero-order chi connectivity index (χ0) is 22.5.